The Labute approximate surface area is 156 Å². The number of carbonyl (C=O) groups excluding carboxylic acids is 2. The van der Waals surface area contributed by atoms with Gasteiger partial charge in [0.25, 0.3) is 0 Å². The molecule has 1 saturated carbocycles. The summed E-state index contributed by atoms with van der Waals surface area (Å²) in [6.45, 7) is 7.93. The Balaban J connectivity index is 2.55. The maximum Gasteiger partial charge on any atom is 0.168 e. The van der Waals surface area contributed by atoms with Crippen LogP contribution in [0.2, 0.25) is 0 Å². The van der Waals surface area contributed by atoms with Gasteiger partial charge < -0.3 is 14.2 Å². The molecule has 144 valence electrons. The molecule has 1 atom stereocenters. The summed E-state index contributed by atoms with van der Waals surface area (Å²) in [4.78, 5) is 25.3. The van der Waals surface area contributed by atoms with E-state index in [0.29, 0.717) is 36.5 Å². The van der Waals surface area contributed by atoms with Crippen LogP contribution in [0.1, 0.15) is 57.6 Å². The van der Waals surface area contributed by atoms with Gasteiger partial charge in [0, 0.05) is 23.0 Å². The molecule has 0 spiro atoms. The van der Waals surface area contributed by atoms with Gasteiger partial charge in [-0.05, 0) is 24.8 Å². The highest BCUT2D eigenvalue weighted by atomic mass is 16.5. The smallest absolute Gasteiger partial charge is 0.168 e. The van der Waals surface area contributed by atoms with Gasteiger partial charge in [-0.1, -0.05) is 27.7 Å². The summed E-state index contributed by atoms with van der Waals surface area (Å²) in [5, 5.41) is 0. The van der Waals surface area contributed by atoms with Crippen molar-refractivity contribution in [2.75, 3.05) is 21.3 Å². The highest BCUT2D eigenvalue weighted by molar-refractivity contribution is 6.07. The monoisotopic (exact) mass is 362 g/mol. The predicted molar refractivity (Wildman–Crippen MR) is 100 cm³/mol. The summed E-state index contributed by atoms with van der Waals surface area (Å²) in [6.07, 6.45) is 1.34. The fraction of sp³-hybridized carbons (Fsp3) is 0.619. The zero-order chi connectivity index (χ0) is 19.6. The molecule has 1 aliphatic rings. The van der Waals surface area contributed by atoms with Crippen molar-refractivity contribution >= 4 is 11.6 Å². The van der Waals surface area contributed by atoms with Gasteiger partial charge in [-0.25, -0.2) is 0 Å². The lowest BCUT2D eigenvalue weighted by Gasteiger charge is -2.33. The Bertz CT molecular complexity index is 703. The van der Waals surface area contributed by atoms with Crippen molar-refractivity contribution in [3.63, 3.8) is 0 Å². The minimum Gasteiger partial charge on any atom is -0.496 e. The van der Waals surface area contributed by atoms with Gasteiger partial charge in [0.2, 0.25) is 0 Å². The highest BCUT2D eigenvalue weighted by Gasteiger charge is 2.42. The normalized spacial score (nSPS) is 19.6. The first kappa shape index (κ1) is 20.3. The lowest BCUT2D eigenvalue weighted by atomic mass is 9.68. The molecule has 2 rings (SSSR count). The van der Waals surface area contributed by atoms with Crippen molar-refractivity contribution in [3.05, 3.63) is 17.2 Å². The van der Waals surface area contributed by atoms with Crippen LogP contribution in [0.4, 0.5) is 0 Å². The molecular weight excluding hydrogens is 332 g/mol. The van der Waals surface area contributed by atoms with E-state index in [0.717, 1.165) is 11.1 Å². The van der Waals surface area contributed by atoms with Crippen LogP contribution < -0.4 is 14.2 Å². The molecule has 1 fully saturated rings. The summed E-state index contributed by atoms with van der Waals surface area (Å²) in [5.74, 6) is 1.38. The summed E-state index contributed by atoms with van der Waals surface area (Å²) >= 11 is 0. The summed E-state index contributed by atoms with van der Waals surface area (Å²) in [7, 11) is 4.77. The number of ether oxygens (including phenoxy) is 3. The van der Waals surface area contributed by atoms with E-state index in [4.69, 9.17) is 14.2 Å². The van der Waals surface area contributed by atoms with Crippen LogP contribution >= 0.6 is 0 Å². The van der Waals surface area contributed by atoms with Gasteiger partial charge >= 0.3 is 0 Å². The largest absolute Gasteiger partial charge is 0.496 e. The van der Waals surface area contributed by atoms with Crippen LogP contribution in [0, 0.1) is 11.3 Å². The molecule has 5 nitrogen and oxygen atoms in total. The molecule has 1 aromatic rings. The first-order valence-electron chi connectivity index (χ1n) is 9.06. The van der Waals surface area contributed by atoms with Gasteiger partial charge in [0.05, 0.1) is 27.2 Å². The zero-order valence-corrected chi connectivity index (χ0v) is 16.9. The van der Waals surface area contributed by atoms with Crippen molar-refractivity contribution in [3.8, 4) is 17.2 Å². The van der Waals surface area contributed by atoms with E-state index in [-0.39, 0.29) is 17.5 Å². The topological polar surface area (TPSA) is 61.8 Å². The molecule has 0 N–H and O–H groups in total. The number of benzene rings is 1. The third-order valence-electron chi connectivity index (χ3n) is 5.31. The number of ketones is 2. The van der Waals surface area contributed by atoms with Crippen molar-refractivity contribution in [2.24, 2.45) is 11.3 Å². The number of hydrogen-bond acceptors (Lipinski definition) is 5. The fourth-order valence-corrected chi connectivity index (χ4v) is 3.75. The quantitative estimate of drug-likeness (QED) is 0.717. The summed E-state index contributed by atoms with van der Waals surface area (Å²) in [5.41, 5.74) is 1.20. The Kier molecular flexibility index (Phi) is 5.99. The molecule has 5 heteroatoms. The maximum atomic E-state index is 12.8. The lowest BCUT2D eigenvalue weighted by Crippen LogP contribution is -2.41. The molecule has 0 aromatic heterocycles. The van der Waals surface area contributed by atoms with Crippen LogP contribution in [-0.4, -0.2) is 32.9 Å². The molecule has 0 bridgehead atoms. The van der Waals surface area contributed by atoms with Gasteiger partial charge in [-0.3, -0.25) is 9.59 Å². The first-order chi connectivity index (χ1) is 12.2. The second kappa shape index (κ2) is 7.68. The Morgan fingerprint density at radius 1 is 1.08 bits per heavy atom. The molecule has 1 unspecified atom stereocenters. The molecule has 0 heterocycles. The van der Waals surface area contributed by atoms with Gasteiger partial charge in [-0.2, -0.15) is 0 Å². The number of carbonyl (C=O) groups is 2. The maximum absolute atomic E-state index is 12.8. The standard InChI is InChI=1S/C21H30O5/c1-12(2)17-16(24-5)11-13(18(25-6)19(17)26-7)10-14-15(22)8-9-21(3,4)20(14)23/h11-12,14H,8-10H2,1-7H3. The minimum absolute atomic E-state index is 0.00155. The third-order valence-corrected chi connectivity index (χ3v) is 5.31. The summed E-state index contributed by atoms with van der Waals surface area (Å²) < 4.78 is 16.8. The predicted octanol–water partition coefficient (Wildman–Crippen LogP) is 3.95. The van der Waals surface area contributed by atoms with Gasteiger partial charge in [0.1, 0.15) is 17.3 Å². The molecule has 1 aromatic carbocycles. The Morgan fingerprint density at radius 2 is 1.69 bits per heavy atom. The van der Waals surface area contributed by atoms with Crippen LogP contribution in [0.3, 0.4) is 0 Å². The Hall–Kier alpha value is -2.04. The van der Waals surface area contributed by atoms with Crippen molar-refractivity contribution < 1.29 is 23.8 Å². The second-order valence-corrected chi connectivity index (χ2v) is 7.84. The summed E-state index contributed by atoms with van der Waals surface area (Å²) in [6, 6.07) is 1.87. The molecule has 0 radical (unpaired) electrons. The number of hydrogen-bond donors (Lipinski definition) is 0. The molecule has 26 heavy (non-hydrogen) atoms. The number of Topliss-reactive ketones (excluding diaryl/α,β-unsaturated/α-hetero) is 2. The van der Waals surface area contributed by atoms with E-state index >= 15 is 0 Å². The second-order valence-electron chi connectivity index (χ2n) is 7.84. The Morgan fingerprint density at radius 3 is 2.19 bits per heavy atom. The lowest BCUT2D eigenvalue weighted by molar-refractivity contribution is -0.142. The van der Waals surface area contributed by atoms with Crippen LogP contribution in [0.25, 0.3) is 0 Å². The van der Waals surface area contributed by atoms with Crippen LogP contribution in [0.15, 0.2) is 6.07 Å². The van der Waals surface area contributed by atoms with Crippen LogP contribution in [-0.2, 0) is 16.0 Å². The van der Waals surface area contributed by atoms with E-state index in [9.17, 15) is 9.59 Å². The highest BCUT2D eigenvalue weighted by Crippen LogP contribution is 2.46. The average Bonchev–Trinajstić information content (AvgIpc) is 2.60. The van der Waals surface area contributed by atoms with Gasteiger partial charge in [-0.15, -0.1) is 0 Å². The fourth-order valence-electron chi connectivity index (χ4n) is 3.75. The van der Waals surface area contributed by atoms with Gasteiger partial charge in [0.15, 0.2) is 11.5 Å². The van der Waals surface area contributed by atoms with E-state index in [1.807, 2.05) is 19.9 Å². The molecular formula is C21H30O5. The van der Waals surface area contributed by atoms with Crippen LogP contribution in [0.5, 0.6) is 17.2 Å². The molecule has 0 aliphatic heterocycles. The molecule has 0 amide bonds. The third kappa shape index (κ3) is 3.57. The molecule has 0 saturated heterocycles. The van der Waals surface area contributed by atoms with E-state index in [1.165, 1.54) is 0 Å². The van der Waals surface area contributed by atoms with E-state index in [2.05, 4.69) is 13.8 Å². The van der Waals surface area contributed by atoms with Crippen molar-refractivity contribution in [2.45, 2.75) is 52.9 Å². The van der Waals surface area contributed by atoms with E-state index < -0.39 is 11.3 Å². The first-order valence-corrected chi connectivity index (χ1v) is 9.06. The number of rotatable bonds is 6. The zero-order valence-electron chi connectivity index (χ0n) is 16.9. The minimum atomic E-state index is -0.646. The number of methoxy groups -OCH3 is 3. The SMILES string of the molecule is COc1cc(CC2C(=O)CCC(C)(C)C2=O)c(OC)c(OC)c1C(C)C. The molecule has 1 aliphatic carbocycles. The van der Waals surface area contributed by atoms with E-state index in [1.54, 1.807) is 21.3 Å². The average molecular weight is 362 g/mol. The van der Waals surface area contributed by atoms with Crippen molar-refractivity contribution in [1.29, 1.82) is 0 Å². The van der Waals surface area contributed by atoms with Crippen molar-refractivity contribution in [1.82, 2.24) is 0 Å².